The average Bonchev–Trinajstić information content (AvgIpc) is 2.75. The average molecular weight is 394 g/mol. The van der Waals surface area contributed by atoms with Crippen molar-refractivity contribution in [2.24, 2.45) is 0 Å². The molecule has 1 atom stereocenters. The Kier molecular flexibility index (Phi) is 6.16. The first-order valence-corrected chi connectivity index (χ1v) is 9.67. The van der Waals surface area contributed by atoms with Gasteiger partial charge in [-0.1, -0.05) is 19.1 Å². The van der Waals surface area contributed by atoms with Gasteiger partial charge in [0.25, 0.3) is 5.56 Å². The van der Waals surface area contributed by atoms with E-state index in [0.29, 0.717) is 35.4 Å². The Hall–Kier alpha value is -3.35. The molecule has 152 valence electrons. The van der Waals surface area contributed by atoms with Crippen molar-refractivity contribution in [2.45, 2.75) is 32.9 Å². The van der Waals surface area contributed by atoms with E-state index in [1.54, 1.807) is 54.0 Å². The van der Waals surface area contributed by atoms with Gasteiger partial charge in [-0.15, -0.1) is 0 Å². The van der Waals surface area contributed by atoms with Crippen LogP contribution in [0.5, 0.6) is 5.75 Å². The van der Waals surface area contributed by atoms with Gasteiger partial charge in [0.2, 0.25) is 0 Å². The fourth-order valence-electron chi connectivity index (χ4n) is 3.40. The summed E-state index contributed by atoms with van der Waals surface area (Å²) in [5, 5.41) is 3.46. The minimum absolute atomic E-state index is 0.0875. The molecule has 29 heavy (non-hydrogen) atoms. The van der Waals surface area contributed by atoms with Gasteiger partial charge in [-0.05, 0) is 49.7 Å². The van der Waals surface area contributed by atoms with Crippen LogP contribution in [0.4, 0.5) is 10.5 Å². The molecule has 0 saturated heterocycles. The highest BCUT2D eigenvalue weighted by Crippen LogP contribution is 2.24. The summed E-state index contributed by atoms with van der Waals surface area (Å²) in [7, 11) is 3.31. The van der Waals surface area contributed by atoms with E-state index in [0.717, 1.165) is 5.75 Å². The normalized spacial score (nSPS) is 11.9. The van der Waals surface area contributed by atoms with Crippen molar-refractivity contribution in [3.63, 3.8) is 0 Å². The van der Waals surface area contributed by atoms with Crippen molar-refractivity contribution in [3.8, 4) is 5.75 Å². The van der Waals surface area contributed by atoms with Gasteiger partial charge in [0.1, 0.15) is 11.6 Å². The van der Waals surface area contributed by atoms with Gasteiger partial charge < -0.3 is 15.0 Å². The highest BCUT2D eigenvalue weighted by atomic mass is 16.5. The Morgan fingerprint density at radius 3 is 2.48 bits per heavy atom. The third-order valence-electron chi connectivity index (χ3n) is 5.02. The molecule has 0 fully saturated rings. The zero-order chi connectivity index (χ0) is 21.0. The van der Waals surface area contributed by atoms with Crippen molar-refractivity contribution in [3.05, 3.63) is 64.7 Å². The number of nitrogens with zero attached hydrogens (tertiary/aromatic N) is 3. The minimum Gasteiger partial charge on any atom is -0.497 e. The van der Waals surface area contributed by atoms with Crippen LogP contribution in [-0.2, 0) is 6.54 Å². The Morgan fingerprint density at radius 1 is 1.17 bits per heavy atom. The minimum atomic E-state index is -0.342. The van der Waals surface area contributed by atoms with Gasteiger partial charge in [0.05, 0.1) is 24.1 Å². The summed E-state index contributed by atoms with van der Waals surface area (Å²) >= 11 is 0. The van der Waals surface area contributed by atoms with Crippen molar-refractivity contribution in [2.75, 3.05) is 19.5 Å². The molecule has 0 aliphatic rings. The number of rotatable bonds is 6. The molecular formula is C22H26N4O3. The van der Waals surface area contributed by atoms with Crippen LogP contribution in [-0.4, -0.2) is 34.6 Å². The van der Waals surface area contributed by atoms with Gasteiger partial charge in [-0.2, -0.15) is 0 Å². The zero-order valence-electron chi connectivity index (χ0n) is 17.2. The van der Waals surface area contributed by atoms with Crippen LogP contribution in [0.3, 0.4) is 0 Å². The molecule has 0 radical (unpaired) electrons. The number of fused-ring (bicyclic) bond motifs is 1. The molecule has 0 saturated carbocycles. The summed E-state index contributed by atoms with van der Waals surface area (Å²) < 4.78 is 6.79. The maximum atomic E-state index is 12.9. The summed E-state index contributed by atoms with van der Waals surface area (Å²) in [6, 6.07) is 13.8. The van der Waals surface area contributed by atoms with E-state index in [-0.39, 0.29) is 17.6 Å². The van der Waals surface area contributed by atoms with Gasteiger partial charge in [-0.25, -0.2) is 9.78 Å². The van der Waals surface area contributed by atoms with Crippen LogP contribution in [0.1, 0.15) is 32.1 Å². The number of hydrogen-bond acceptors (Lipinski definition) is 4. The quantitative estimate of drug-likeness (QED) is 0.685. The number of nitrogens with one attached hydrogen (secondary N) is 1. The fraction of sp³-hybridized carbons (Fsp3) is 0.318. The van der Waals surface area contributed by atoms with Crippen LogP contribution in [0.25, 0.3) is 10.9 Å². The molecule has 3 aromatic rings. The number of para-hydroxylation sites is 1. The van der Waals surface area contributed by atoms with Crippen molar-refractivity contribution < 1.29 is 9.53 Å². The first-order chi connectivity index (χ1) is 14.0. The number of anilines is 1. The van der Waals surface area contributed by atoms with Crippen molar-refractivity contribution in [1.82, 2.24) is 14.5 Å². The largest absolute Gasteiger partial charge is 0.497 e. The second-order valence-corrected chi connectivity index (χ2v) is 6.73. The van der Waals surface area contributed by atoms with E-state index >= 15 is 0 Å². The molecule has 0 aliphatic carbocycles. The number of benzene rings is 2. The summed E-state index contributed by atoms with van der Waals surface area (Å²) in [6.45, 7) is 4.37. The van der Waals surface area contributed by atoms with E-state index in [4.69, 9.17) is 9.72 Å². The first kappa shape index (κ1) is 20.4. The smallest absolute Gasteiger partial charge is 0.322 e. The Morgan fingerprint density at radius 2 is 1.86 bits per heavy atom. The third-order valence-corrected chi connectivity index (χ3v) is 5.02. The number of carbonyl (C=O) groups excluding carboxylic acids is 1. The number of methoxy groups -OCH3 is 1. The molecule has 1 heterocycles. The van der Waals surface area contributed by atoms with Gasteiger partial charge in [0.15, 0.2) is 0 Å². The molecule has 3 rings (SSSR count). The van der Waals surface area contributed by atoms with Crippen LogP contribution >= 0.6 is 0 Å². The lowest BCUT2D eigenvalue weighted by atomic mass is 10.1. The van der Waals surface area contributed by atoms with Crippen LogP contribution in [0, 0.1) is 0 Å². The predicted octanol–water partition coefficient (Wildman–Crippen LogP) is 4.04. The molecule has 2 amide bonds. The molecule has 7 nitrogen and oxygen atoms in total. The molecule has 1 unspecified atom stereocenters. The lowest BCUT2D eigenvalue weighted by Gasteiger charge is -2.29. The second kappa shape index (κ2) is 8.77. The van der Waals surface area contributed by atoms with Crippen molar-refractivity contribution in [1.29, 1.82) is 0 Å². The first-order valence-electron chi connectivity index (χ1n) is 9.67. The van der Waals surface area contributed by atoms with Crippen molar-refractivity contribution >= 4 is 22.6 Å². The summed E-state index contributed by atoms with van der Waals surface area (Å²) in [5.41, 5.74) is 1.21. The van der Waals surface area contributed by atoms with E-state index in [1.807, 2.05) is 32.0 Å². The predicted molar refractivity (Wildman–Crippen MR) is 114 cm³/mol. The Labute approximate surface area is 169 Å². The standard InChI is InChI=1S/C22H26N4O3/c1-5-19(25(3)22(28)23-15-11-13-16(29-4)14-12-15)20-24-18-10-8-7-9-17(18)21(27)26(20)6-2/h7-14,19H,5-6H2,1-4H3,(H,23,28). The van der Waals surface area contributed by atoms with Gasteiger partial charge in [-0.3, -0.25) is 9.36 Å². The monoisotopic (exact) mass is 394 g/mol. The maximum Gasteiger partial charge on any atom is 0.322 e. The summed E-state index contributed by atoms with van der Waals surface area (Å²) in [4.78, 5) is 32.1. The van der Waals surface area contributed by atoms with E-state index in [1.165, 1.54) is 0 Å². The summed E-state index contributed by atoms with van der Waals surface area (Å²) in [5.74, 6) is 1.31. The highest BCUT2D eigenvalue weighted by Gasteiger charge is 2.25. The zero-order valence-corrected chi connectivity index (χ0v) is 17.2. The van der Waals surface area contributed by atoms with Gasteiger partial charge in [0, 0.05) is 19.3 Å². The third kappa shape index (κ3) is 4.08. The molecule has 1 N–H and O–H groups in total. The van der Waals surface area contributed by atoms with Crippen LogP contribution < -0.4 is 15.6 Å². The number of amides is 2. The Bertz CT molecular complexity index is 1060. The lowest BCUT2D eigenvalue weighted by Crippen LogP contribution is -2.38. The fourth-order valence-corrected chi connectivity index (χ4v) is 3.40. The topological polar surface area (TPSA) is 76.5 Å². The van der Waals surface area contributed by atoms with Crippen LogP contribution in [0.15, 0.2) is 53.3 Å². The number of aromatic nitrogens is 2. The van der Waals surface area contributed by atoms with E-state index in [9.17, 15) is 9.59 Å². The SMILES string of the molecule is CCC(c1nc2ccccc2c(=O)n1CC)N(C)C(=O)Nc1ccc(OC)cc1. The number of ether oxygens (including phenoxy) is 1. The highest BCUT2D eigenvalue weighted by molar-refractivity contribution is 5.89. The number of urea groups is 1. The molecular weight excluding hydrogens is 368 g/mol. The molecule has 0 spiro atoms. The molecule has 1 aromatic heterocycles. The van der Waals surface area contributed by atoms with E-state index in [2.05, 4.69) is 5.32 Å². The van der Waals surface area contributed by atoms with E-state index < -0.39 is 0 Å². The molecule has 0 aliphatic heterocycles. The Balaban J connectivity index is 1.93. The maximum absolute atomic E-state index is 12.9. The molecule has 7 heteroatoms. The molecule has 0 bridgehead atoms. The second-order valence-electron chi connectivity index (χ2n) is 6.73. The number of carbonyl (C=O) groups is 1. The number of hydrogen-bond donors (Lipinski definition) is 1. The summed E-state index contributed by atoms with van der Waals surface area (Å²) in [6.07, 6.45) is 0.622. The lowest BCUT2D eigenvalue weighted by molar-refractivity contribution is 0.198. The molecule has 2 aromatic carbocycles. The van der Waals surface area contributed by atoms with Gasteiger partial charge >= 0.3 is 6.03 Å². The van der Waals surface area contributed by atoms with Crippen LogP contribution in [0.2, 0.25) is 0 Å².